The van der Waals surface area contributed by atoms with Crippen LogP contribution >= 0.6 is 0 Å². The summed E-state index contributed by atoms with van der Waals surface area (Å²) in [7, 11) is 0. The number of hydrogen-bond acceptors (Lipinski definition) is 4. The zero-order valence-corrected chi connectivity index (χ0v) is 14.4. The fourth-order valence-electron chi connectivity index (χ4n) is 4.67. The SMILES string of the molecule is N#Cc1c(NCC2CCCO2)nc(C2CCCCC2)c2c1CCC2. The average Bonchev–Trinajstić information content (AvgIpc) is 3.31. The molecule has 2 heterocycles. The lowest BCUT2D eigenvalue weighted by atomic mass is 9.84. The second kappa shape index (κ2) is 7.11. The van der Waals surface area contributed by atoms with Crippen LogP contribution in [0.2, 0.25) is 0 Å². The summed E-state index contributed by atoms with van der Waals surface area (Å²) in [6.45, 7) is 1.63. The third-order valence-electron chi connectivity index (χ3n) is 5.92. The zero-order chi connectivity index (χ0) is 16.4. The average molecular weight is 325 g/mol. The van der Waals surface area contributed by atoms with E-state index in [4.69, 9.17) is 9.72 Å². The Hall–Kier alpha value is -1.60. The molecule has 4 nitrogen and oxygen atoms in total. The predicted octanol–water partition coefficient (Wildman–Crippen LogP) is 4.08. The number of pyridine rings is 1. The van der Waals surface area contributed by atoms with Crippen LogP contribution in [-0.4, -0.2) is 24.2 Å². The van der Waals surface area contributed by atoms with Crippen molar-refractivity contribution in [1.29, 1.82) is 5.26 Å². The summed E-state index contributed by atoms with van der Waals surface area (Å²) in [5.41, 5.74) is 4.78. The largest absolute Gasteiger partial charge is 0.376 e. The summed E-state index contributed by atoms with van der Waals surface area (Å²) in [5, 5.41) is 13.2. The zero-order valence-electron chi connectivity index (χ0n) is 14.4. The van der Waals surface area contributed by atoms with Gasteiger partial charge in [0.15, 0.2) is 0 Å². The van der Waals surface area contributed by atoms with Crippen molar-refractivity contribution in [2.24, 2.45) is 0 Å². The van der Waals surface area contributed by atoms with Crippen LogP contribution in [0, 0.1) is 11.3 Å². The molecule has 4 heteroatoms. The highest BCUT2D eigenvalue weighted by Crippen LogP contribution is 2.39. The molecule has 1 aliphatic heterocycles. The maximum absolute atomic E-state index is 9.71. The topological polar surface area (TPSA) is 57.9 Å². The van der Waals surface area contributed by atoms with E-state index in [1.54, 1.807) is 0 Å². The number of aromatic nitrogens is 1. The first kappa shape index (κ1) is 15.9. The first-order valence-corrected chi connectivity index (χ1v) is 9.68. The minimum Gasteiger partial charge on any atom is -0.376 e. The van der Waals surface area contributed by atoms with Gasteiger partial charge in [0.05, 0.1) is 11.7 Å². The highest BCUT2D eigenvalue weighted by atomic mass is 16.5. The molecule has 4 rings (SSSR count). The van der Waals surface area contributed by atoms with Gasteiger partial charge in [-0.1, -0.05) is 19.3 Å². The molecule has 24 heavy (non-hydrogen) atoms. The van der Waals surface area contributed by atoms with Gasteiger partial charge in [0.2, 0.25) is 0 Å². The number of hydrogen-bond donors (Lipinski definition) is 1. The quantitative estimate of drug-likeness (QED) is 0.906. The Morgan fingerprint density at radius 1 is 1.04 bits per heavy atom. The van der Waals surface area contributed by atoms with Crippen molar-refractivity contribution < 1.29 is 4.74 Å². The van der Waals surface area contributed by atoms with Crippen LogP contribution in [0.5, 0.6) is 0 Å². The van der Waals surface area contributed by atoms with Gasteiger partial charge in [0.1, 0.15) is 11.9 Å². The predicted molar refractivity (Wildman–Crippen MR) is 94.3 cm³/mol. The van der Waals surface area contributed by atoms with E-state index in [9.17, 15) is 5.26 Å². The van der Waals surface area contributed by atoms with Gasteiger partial charge in [-0.15, -0.1) is 0 Å². The van der Waals surface area contributed by atoms with E-state index in [2.05, 4.69) is 11.4 Å². The van der Waals surface area contributed by atoms with Crippen molar-refractivity contribution >= 4 is 5.82 Å². The van der Waals surface area contributed by atoms with Crippen LogP contribution in [-0.2, 0) is 17.6 Å². The summed E-state index contributed by atoms with van der Waals surface area (Å²) in [4.78, 5) is 5.01. The molecular formula is C20H27N3O. The number of nitrogens with one attached hydrogen (secondary N) is 1. The molecule has 0 radical (unpaired) electrons. The fraction of sp³-hybridized carbons (Fsp3) is 0.700. The monoisotopic (exact) mass is 325 g/mol. The van der Waals surface area contributed by atoms with E-state index in [0.717, 1.165) is 50.2 Å². The molecule has 1 N–H and O–H groups in total. The molecule has 128 valence electrons. The fourth-order valence-corrected chi connectivity index (χ4v) is 4.67. The van der Waals surface area contributed by atoms with Gasteiger partial charge in [-0.3, -0.25) is 0 Å². The smallest absolute Gasteiger partial charge is 0.144 e. The van der Waals surface area contributed by atoms with E-state index in [0.29, 0.717) is 5.92 Å². The molecule has 0 spiro atoms. The first-order chi connectivity index (χ1) is 11.9. The molecule has 0 bridgehead atoms. The number of anilines is 1. The number of ether oxygens (including phenoxy) is 1. The van der Waals surface area contributed by atoms with Crippen LogP contribution in [0.3, 0.4) is 0 Å². The van der Waals surface area contributed by atoms with Crippen molar-refractivity contribution in [3.05, 3.63) is 22.4 Å². The maximum atomic E-state index is 9.71. The molecule has 1 saturated carbocycles. The number of nitrogens with zero attached hydrogens (tertiary/aromatic N) is 2. The normalized spacial score (nSPS) is 23.9. The van der Waals surface area contributed by atoms with E-state index in [1.165, 1.54) is 55.3 Å². The second-order valence-electron chi connectivity index (χ2n) is 7.49. The molecule has 1 aromatic heterocycles. The molecule has 2 fully saturated rings. The van der Waals surface area contributed by atoms with Crippen molar-refractivity contribution in [2.75, 3.05) is 18.5 Å². The molecule has 0 amide bonds. The van der Waals surface area contributed by atoms with Gasteiger partial charge in [0, 0.05) is 24.8 Å². The molecule has 2 aliphatic carbocycles. The summed E-state index contributed by atoms with van der Waals surface area (Å²) >= 11 is 0. The van der Waals surface area contributed by atoms with Gasteiger partial charge >= 0.3 is 0 Å². The van der Waals surface area contributed by atoms with Gasteiger partial charge in [-0.25, -0.2) is 4.98 Å². The van der Waals surface area contributed by atoms with E-state index in [1.807, 2.05) is 0 Å². The standard InChI is InChI=1S/C20H27N3O/c21-12-18-16-9-4-10-17(16)19(14-6-2-1-3-7-14)23-20(18)22-13-15-8-5-11-24-15/h14-15H,1-11,13H2,(H,22,23). The Labute approximate surface area is 144 Å². The second-order valence-corrected chi connectivity index (χ2v) is 7.49. The molecule has 3 aliphatic rings. The van der Waals surface area contributed by atoms with Crippen molar-refractivity contribution in [2.45, 2.75) is 76.2 Å². The maximum Gasteiger partial charge on any atom is 0.144 e. The van der Waals surface area contributed by atoms with Gasteiger partial charge in [0.25, 0.3) is 0 Å². The molecule has 1 unspecified atom stereocenters. The Morgan fingerprint density at radius 3 is 2.62 bits per heavy atom. The lowest BCUT2D eigenvalue weighted by Gasteiger charge is -2.25. The summed E-state index contributed by atoms with van der Waals surface area (Å²) in [6, 6.07) is 2.44. The molecular weight excluding hydrogens is 298 g/mol. The van der Waals surface area contributed by atoms with E-state index >= 15 is 0 Å². The lowest BCUT2D eigenvalue weighted by Crippen LogP contribution is -2.21. The number of fused-ring (bicyclic) bond motifs is 1. The van der Waals surface area contributed by atoms with Crippen molar-refractivity contribution in [3.63, 3.8) is 0 Å². The highest BCUT2D eigenvalue weighted by molar-refractivity contribution is 5.61. The third kappa shape index (κ3) is 3.02. The molecule has 1 saturated heterocycles. The summed E-state index contributed by atoms with van der Waals surface area (Å²) < 4.78 is 5.71. The Balaban J connectivity index is 1.65. The first-order valence-electron chi connectivity index (χ1n) is 9.68. The Kier molecular flexibility index (Phi) is 4.71. The summed E-state index contributed by atoms with van der Waals surface area (Å²) in [6.07, 6.45) is 12.3. The molecule has 1 atom stereocenters. The van der Waals surface area contributed by atoms with Crippen LogP contribution in [0.25, 0.3) is 0 Å². The molecule has 0 aromatic carbocycles. The van der Waals surface area contributed by atoms with Crippen molar-refractivity contribution in [1.82, 2.24) is 4.98 Å². The highest BCUT2D eigenvalue weighted by Gasteiger charge is 2.28. The summed E-state index contributed by atoms with van der Waals surface area (Å²) in [5.74, 6) is 1.41. The van der Waals surface area contributed by atoms with Gasteiger partial charge in [-0.2, -0.15) is 5.26 Å². The van der Waals surface area contributed by atoms with Crippen LogP contribution in [0.15, 0.2) is 0 Å². The van der Waals surface area contributed by atoms with Gasteiger partial charge < -0.3 is 10.1 Å². The van der Waals surface area contributed by atoms with Crippen molar-refractivity contribution in [3.8, 4) is 6.07 Å². The van der Waals surface area contributed by atoms with Gasteiger partial charge in [-0.05, 0) is 56.1 Å². The molecule has 1 aromatic rings. The Morgan fingerprint density at radius 2 is 1.88 bits per heavy atom. The minimum atomic E-state index is 0.268. The minimum absolute atomic E-state index is 0.268. The van der Waals surface area contributed by atoms with Crippen LogP contribution in [0.1, 0.15) is 79.7 Å². The van der Waals surface area contributed by atoms with Crippen LogP contribution < -0.4 is 5.32 Å². The van der Waals surface area contributed by atoms with Crippen LogP contribution in [0.4, 0.5) is 5.82 Å². The lowest BCUT2D eigenvalue weighted by molar-refractivity contribution is 0.120. The third-order valence-corrected chi connectivity index (χ3v) is 5.92. The Bertz CT molecular complexity index is 637. The van der Waals surface area contributed by atoms with E-state index in [-0.39, 0.29) is 6.10 Å². The van der Waals surface area contributed by atoms with E-state index < -0.39 is 0 Å². The number of nitriles is 1. The number of rotatable bonds is 4.